The fourth-order valence-electron chi connectivity index (χ4n) is 1.47. The van der Waals surface area contributed by atoms with E-state index in [1.54, 1.807) is 0 Å². The van der Waals surface area contributed by atoms with Crippen molar-refractivity contribution in [3.05, 3.63) is 18.1 Å². The van der Waals surface area contributed by atoms with Crippen LogP contribution in [-0.2, 0) is 4.74 Å². The Morgan fingerprint density at radius 1 is 1.50 bits per heavy atom. The first kappa shape index (κ1) is 12.6. The average Bonchev–Trinajstić information content (AvgIpc) is 3.08. The van der Waals surface area contributed by atoms with Crippen molar-refractivity contribution in [1.29, 1.82) is 0 Å². The fourth-order valence-corrected chi connectivity index (χ4v) is 1.47. The molecular weight excluding hydrogens is 251 g/mol. The van der Waals surface area contributed by atoms with E-state index in [9.17, 15) is 18.0 Å². The van der Waals surface area contributed by atoms with Gasteiger partial charge in [-0.15, -0.1) is 0 Å². The van der Waals surface area contributed by atoms with E-state index in [-0.39, 0.29) is 24.5 Å². The van der Waals surface area contributed by atoms with E-state index < -0.39 is 17.7 Å². The second kappa shape index (κ2) is 4.11. The van der Waals surface area contributed by atoms with Gasteiger partial charge in [0.2, 0.25) is 5.82 Å². The van der Waals surface area contributed by atoms with Crippen LogP contribution < -0.4 is 5.32 Å². The fraction of sp³-hybridized carbons (Fsp3) is 0.500. The largest absolute Gasteiger partial charge is 0.463 e. The minimum atomic E-state index is -4.34. The molecule has 0 amide bonds. The Labute approximate surface area is 100 Å². The van der Waals surface area contributed by atoms with Crippen molar-refractivity contribution in [3.63, 3.8) is 0 Å². The maximum Gasteiger partial charge on any atom is 0.411 e. The van der Waals surface area contributed by atoms with E-state index in [0.29, 0.717) is 0 Å². The Kier molecular flexibility index (Phi) is 2.88. The second-order valence-electron chi connectivity index (χ2n) is 3.96. The van der Waals surface area contributed by atoms with Crippen molar-refractivity contribution in [2.75, 3.05) is 12.4 Å². The highest BCUT2D eigenvalue weighted by molar-refractivity contribution is 5.85. The molecule has 1 saturated carbocycles. The second-order valence-corrected chi connectivity index (χ2v) is 3.96. The van der Waals surface area contributed by atoms with Crippen LogP contribution in [0.15, 0.2) is 12.3 Å². The number of alkyl halides is 3. The highest BCUT2D eigenvalue weighted by atomic mass is 19.4. The monoisotopic (exact) mass is 261 g/mol. The van der Waals surface area contributed by atoms with Crippen molar-refractivity contribution in [2.24, 2.45) is 0 Å². The summed E-state index contributed by atoms with van der Waals surface area (Å²) in [6, 6.07) is 1.28. The first-order chi connectivity index (χ1) is 8.38. The van der Waals surface area contributed by atoms with Crippen LogP contribution in [-0.4, -0.2) is 34.8 Å². The standard InChI is InChI=1S/C10H10F3N3O2/c1-18-8(17)7-14-5-2-6(15-7)16-9(3-4-9)10(11,12)13/h2,5H,3-4H2,1H3,(H,14,15,16). The molecule has 0 saturated heterocycles. The molecule has 98 valence electrons. The maximum absolute atomic E-state index is 12.7. The summed E-state index contributed by atoms with van der Waals surface area (Å²) in [7, 11) is 1.14. The molecule has 1 heterocycles. The van der Waals surface area contributed by atoms with Gasteiger partial charge in [0.05, 0.1) is 7.11 Å². The number of anilines is 1. The van der Waals surface area contributed by atoms with Crippen LogP contribution >= 0.6 is 0 Å². The molecule has 0 spiro atoms. The van der Waals surface area contributed by atoms with Gasteiger partial charge in [-0.3, -0.25) is 0 Å². The summed E-state index contributed by atoms with van der Waals surface area (Å²) in [6.45, 7) is 0. The molecule has 1 aromatic rings. The number of hydrogen-bond donors (Lipinski definition) is 1. The van der Waals surface area contributed by atoms with Crippen LogP contribution in [0.3, 0.4) is 0 Å². The number of carbonyl (C=O) groups excluding carboxylic acids is 1. The summed E-state index contributed by atoms with van der Waals surface area (Å²) in [4.78, 5) is 18.4. The number of nitrogens with zero attached hydrogens (tertiary/aromatic N) is 2. The molecule has 1 N–H and O–H groups in total. The number of nitrogens with one attached hydrogen (secondary N) is 1. The molecule has 0 radical (unpaired) electrons. The molecule has 1 fully saturated rings. The number of halogens is 3. The summed E-state index contributed by atoms with van der Waals surface area (Å²) in [5.41, 5.74) is -1.92. The molecular formula is C10H10F3N3O2. The van der Waals surface area contributed by atoms with Gasteiger partial charge in [0.1, 0.15) is 11.4 Å². The number of aromatic nitrogens is 2. The predicted molar refractivity (Wildman–Crippen MR) is 55.0 cm³/mol. The lowest BCUT2D eigenvalue weighted by atomic mass is 10.2. The van der Waals surface area contributed by atoms with E-state index in [4.69, 9.17) is 0 Å². The van der Waals surface area contributed by atoms with E-state index in [0.717, 1.165) is 7.11 Å². The normalized spacial score (nSPS) is 17.1. The Morgan fingerprint density at radius 3 is 2.67 bits per heavy atom. The van der Waals surface area contributed by atoms with E-state index in [2.05, 4.69) is 20.0 Å². The third-order valence-electron chi connectivity index (χ3n) is 2.68. The van der Waals surface area contributed by atoms with Gasteiger partial charge in [0.25, 0.3) is 0 Å². The quantitative estimate of drug-likeness (QED) is 0.840. The minimum Gasteiger partial charge on any atom is -0.463 e. The van der Waals surface area contributed by atoms with E-state index in [1.807, 2.05) is 0 Å². The van der Waals surface area contributed by atoms with Gasteiger partial charge in [-0.1, -0.05) is 0 Å². The third-order valence-corrected chi connectivity index (χ3v) is 2.68. The molecule has 0 atom stereocenters. The highest BCUT2D eigenvalue weighted by Crippen LogP contribution is 2.50. The van der Waals surface area contributed by atoms with Crippen molar-refractivity contribution < 1.29 is 22.7 Å². The van der Waals surface area contributed by atoms with Gasteiger partial charge >= 0.3 is 12.1 Å². The number of rotatable bonds is 3. The molecule has 1 aliphatic rings. The Morgan fingerprint density at radius 2 is 2.17 bits per heavy atom. The van der Waals surface area contributed by atoms with Gasteiger partial charge in [0.15, 0.2) is 0 Å². The number of hydrogen-bond acceptors (Lipinski definition) is 5. The minimum absolute atomic E-state index is 0.00589. The molecule has 0 aliphatic heterocycles. The number of ether oxygens (including phenoxy) is 1. The lowest BCUT2D eigenvalue weighted by molar-refractivity contribution is -0.151. The Hall–Kier alpha value is -1.86. The third kappa shape index (κ3) is 2.22. The van der Waals surface area contributed by atoms with Gasteiger partial charge in [-0.25, -0.2) is 14.8 Å². The lowest BCUT2D eigenvalue weighted by Gasteiger charge is -2.21. The molecule has 8 heteroatoms. The first-order valence-electron chi connectivity index (χ1n) is 5.14. The summed E-state index contributed by atoms with van der Waals surface area (Å²) in [6.07, 6.45) is -3.15. The first-order valence-corrected chi connectivity index (χ1v) is 5.14. The summed E-state index contributed by atoms with van der Waals surface area (Å²) in [5, 5.41) is 2.30. The van der Waals surface area contributed by atoms with Crippen LogP contribution in [0.5, 0.6) is 0 Å². The van der Waals surface area contributed by atoms with Crippen LogP contribution in [0.4, 0.5) is 19.0 Å². The molecule has 0 bridgehead atoms. The van der Waals surface area contributed by atoms with Crippen molar-refractivity contribution in [1.82, 2.24) is 9.97 Å². The molecule has 5 nitrogen and oxygen atoms in total. The Balaban J connectivity index is 2.18. The van der Waals surface area contributed by atoms with Crippen LogP contribution in [0.1, 0.15) is 23.5 Å². The topological polar surface area (TPSA) is 64.1 Å². The Bertz CT molecular complexity index is 472. The molecule has 0 aromatic carbocycles. The molecule has 1 aromatic heterocycles. The van der Waals surface area contributed by atoms with Crippen molar-refractivity contribution in [3.8, 4) is 0 Å². The lowest BCUT2D eigenvalue weighted by Crippen LogP contribution is -2.39. The van der Waals surface area contributed by atoms with Crippen LogP contribution in [0, 0.1) is 0 Å². The summed E-state index contributed by atoms with van der Waals surface area (Å²) >= 11 is 0. The van der Waals surface area contributed by atoms with Crippen LogP contribution in [0.25, 0.3) is 0 Å². The van der Waals surface area contributed by atoms with Gasteiger partial charge in [-0.05, 0) is 18.9 Å². The van der Waals surface area contributed by atoms with Gasteiger partial charge in [0, 0.05) is 6.20 Å². The zero-order chi connectivity index (χ0) is 13.4. The molecule has 0 unspecified atom stereocenters. The van der Waals surface area contributed by atoms with Crippen LogP contribution in [0.2, 0.25) is 0 Å². The molecule has 1 aliphatic carbocycles. The van der Waals surface area contributed by atoms with Crippen molar-refractivity contribution in [2.45, 2.75) is 24.6 Å². The SMILES string of the molecule is COC(=O)c1nccc(NC2(C(F)(F)F)CC2)n1. The predicted octanol–water partition coefficient (Wildman–Crippen LogP) is 1.77. The highest BCUT2D eigenvalue weighted by Gasteiger charge is 2.63. The van der Waals surface area contributed by atoms with E-state index in [1.165, 1.54) is 12.3 Å². The van der Waals surface area contributed by atoms with Crippen molar-refractivity contribution >= 4 is 11.8 Å². The van der Waals surface area contributed by atoms with Gasteiger partial charge in [-0.2, -0.15) is 13.2 Å². The smallest absolute Gasteiger partial charge is 0.411 e. The average molecular weight is 261 g/mol. The number of esters is 1. The van der Waals surface area contributed by atoms with Gasteiger partial charge < -0.3 is 10.1 Å². The van der Waals surface area contributed by atoms with E-state index >= 15 is 0 Å². The maximum atomic E-state index is 12.7. The number of methoxy groups -OCH3 is 1. The summed E-state index contributed by atoms with van der Waals surface area (Å²) in [5.74, 6) is -1.11. The molecule has 2 rings (SSSR count). The zero-order valence-electron chi connectivity index (χ0n) is 9.41. The molecule has 18 heavy (non-hydrogen) atoms. The number of carbonyl (C=O) groups is 1. The summed E-state index contributed by atoms with van der Waals surface area (Å²) < 4.78 is 42.5. The zero-order valence-corrected chi connectivity index (χ0v) is 9.41.